The van der Waals surface area contributed by atoms with Gasteiger partial charge in [-0.3, -0.25) is 0 Å². The molecular formula is C47H33NO6S2. The van der Waals surface area contributed by atoms with Gasteiger partial charge in [0.1, 0.15) is 21.3 Å². The zero-order chi connectivity index (χ0) is 38.3. The molecule has 0 radical (unpaired) electrons. The predicted octanol–water partition coefficient (Wildman–Crippen LogP) is 9.55. The van der Waals surface area contributed by atoms with Crippen molar-refractivity contribution in [1.82, 2.24) is 4.57 Å². The van der Waals surface area contributed by atoms with Crippen LogP contribution in [0.2, 0.25) is 0 Å². The van der Waals surface area contributed by atoms with Gasteiger partial charge in [-0.05, 0) is 99.4 Å². The Balaban J connectivity index is 1.16. The molecule has 0 spiro atoms. The zero-order valence-corrected chi connectivity index (χ0v) is 31.5. The first-order valence-corrected chi connectivity index (χ1v) is 20.8. The minimum atomic E-state index is -4.20. The van der Waals surface area contributed by atoms with E-state index in [-0.39, 0.29) is 21.3 Å². The lowest BCUT2D eigenvalue weighted by Crippen LogP contribution is -2.16. The summed E-state index contributed by atoms with van der Waals surface area (Å²) < 4.78 is 67.3. The van der Waals surface area contributed by atoms with Crippen LogP contribution in [0.5, 0.6) is 11.5 Å². The van der Waals surface area contributed by atoms with Gasteiger partial charge in [-0.2, -0.15) is 16.8 Å². The summed E-state index contributed by atoms with van der Waals surface area (Å²) in [4.78, 5) is -0.0583. The number of hydrogen-bond acceptors (Lipinski definition) is 6. The van der Waals surface area contributed by atoms with E-state index in [1.54, 1.807) is 84.9 Å². The van der Waals surface area contributed by atoms with Crippen LogP contribution in [0, 0.1) is 0 Å². The first-order chi connectivity index (χ1) is 27.2. The van der Waals surface area contributed by atoms with Gasteiger partial charge < -0.3 is 12.9 Å². The van der Waals surface area contributed by atoms with Gasteiger partial charge >= 0.3 is 20.2 Å². The van der Waals surface area contributed by atoms with Crippen molar-refractivity contribution in [3.8, 4) is 22.6 Å². The van der Waals surface area contributed by atoms with Crippen LogP contribution in [-0.2, 0) is 26.8 Å². The number of para-hydroxylation sites is 2. The molecule has 0 saturated heterocycles. The van der Waals surface area contributed by atoms with Crippen LogP contribution in [0.4, 0.5) is 0 Å². The number of rotatable bonds is 10. The van der Waals surface area contributed by atoms with Crippen LogP contribution >= 0.6 is 0 Å². The van der Waals surface area contributed by atoms with Gasteiger partial charge in [-0.1, -0.05) is 127 Å². The highest BCUT2D eigenvalue weighted by Crippen LogP contribution is 2.46. The highest BCUT2D eigenvalue weighted by molar-refractivity contribution is 7.87. The molecule has 0 fully saturated rings. The van der Waals surface area contributed by atoms with E-state index < -0.39 is 20.2 Å². The highest BCUT2D eigenvalue weighted by Gasteiger charge is 2.29. The third-order valence-electron chi connectivity index (χ3n) is 9.88. The van der Waals surface area contributed by atoms with Gasteiger partial charge in [0.2, 0.25) is 0 Å². The molecule has 0 N–H and O–H groups in total. The van der Waals surface area contributed by atoms with Crippen molar-refractivity contribution in [1.29, 1.82) is 0 Å². The summed E-state index contributed by atoms with van der Waals surface area (Å²) in [6.45, 7) is 0.681. The molecule has 9 heteroatoms. The Bertz CT molecular complexity index is 2990. The number of hydrogen-bond donors (Lipinski definition) is 0. The minimum Gasteiger partial charge on any atom is -0.379 e. The van der Waals surface area contributed by atoms with Crippen molar-refractivity contribution < 1.29 is 25.2 Å². The van der Waals surface area contributed by atoms with Crippen molar-refractivity contribution in [3.05, 3.63) is 204 Å². The largest absolute Gasteiger partial charge is 0.379 e. The summed E-state index contributed by atoms with van der Waals surface area (Å²) in [5.41, 5.74) is 5.73. The number of nitrogens with zero attached hydrogens (tertiary/aromatic N) is 1. The third kappa shape index (κ3) is 6.57. The van der Waals surface area contributed by atoms with E-state index in [9.17, 15) is 16.8 Å². The Hall–Kier alpha value is -6.68. The molecule has 0 bridgehead atoms. The van der Waals surface area contributed by atoms with Crippen LogP contribution in [0.1, 0.15) is 16.7 Å². The van der Waals surface area contributed by atoms with Crippen molar-refractivity contribution in [2.45, 2.75) is 16.3 Å². The molecule has 1 aliphatic rings. The second-order valence-corrected chi connectivity index (χ2v) is 16.5. The highest BCUT2D eigenvalue weighted by atomic mass is 32.2. The molecule has 0 atom stereocenters. The Morgan fingerprint density at radius 2 is 1.02 bits per heavy atom. The Kier molecular flexibility index (Phi) is 8.88. The van der Waals surface area contributed by atoms with E-state index in [1.807, 2.05) is 36.4 Å². The van der Waals surface area contributed by atoms with Crippen LogP contribution in [0.15, 0.2) is 192 Å². The lowest BCUT2D eigenvalue weighted by molar-refractivity contribution is 0.484. The monoisotopic (exact) mass is 771 g/mol. The summed E-state index contributed by atoms with van der Waals surface area (Å²) in [7, 11) is -8.40. The van der Waals surface area contributed by atoms with Gasteiger partial charge in [-0.15, -0.1) is 0 Å². The maximum atomic E-state index is 13.5. The molecule has 0 amide bonds. The lowest BCUT2D eigenvalue weighted by Gasteiger charge is -2.09. The molecule has 0 aliphatic heterocycles. The molecule has 274 valence electrons. The smallest absolute Gasteiger partial charge is 0.339 e. The van der Waals surface area contributed by atoms with Gasteiger partial charge in [0, 0.05) is 22.7 Å². The molecule has 1 aromatic heterocycles. The molecule has 1 aliphatic carbocycles. The standard InChI is InChI=1S/C47H33NO6S2/c49-55(50,53-35-18-6-2-7-19-35)37-26-28-40-41-29-27-38(56(51,52)54-36-20-8-3-9-21-36)31-44(41)39(43(40)30-37)22-10-11-24-45-42-23-12-16-34-17-13-25-46(47(34)42)48(45)32-33-14-4-1-5-15-33/h1-31H,32H2/b11-10+,45-24+. The van der Waals surface area contributed by atoms with Crippen LogP contribution < -0.4 is 13.7 Å². The lowest BCUT2D eigenvalue weighted by atomic mass is 10.0. The Labute approximate surface area is 324 Å². The van der Waals surface area contributed by atoms with E-state index in [4.69, 9.17) is 8.37 Å². The quantitative estimate of drug-likeness (QED) is 0.129. The fourth-order valence-electron chi connectivity index (χ4n) is 7.35. The fraction of sp³-hybridized carbons (Fsp3) is 0.0213. The number of aromatic nitrogens is 1. The van der Waals surface area contributed by atoms with E-state index in [2.05, 4.69) is 59.2 Å². The summed E-state index contributed by atoms with van der Waals surface area (Å²) in [6, 6.07) is 49.3. The molecule has 1 heterocycles. The van der Waals surface area contributed by atoms with Gasteiger partial charge in [-0.25, -0.2) is 0 Å². The van der Waals surface area contributed by atoms with Crippen molar-refractivity contribution in [2.24, 2.45) is 0 Å². The van der Waals surface area contributed by atoms with Crippen molar-refractivity contribution in [3.63, 3.8) is 0 Å². The van der Waals surface area contributed by atoms with Gasteiger partial charge in [0.05, 0.1) is 5.52 Å². The van der Waals surface area contributed by atoms with E-state index in [1.165, 1.54) is 23.1 Å². The molecule has 0 unspecified atom stereocenters. The normalized spacial score (nSPS) is 13.0. The van der Waals surface area contributed by atoms with Crippen molar-refractivity contribution >= 4 is 53.6 Å². The topological polar surface area (TPSA) is 91.7 Å². The second-order valence-electron chi connectivity index (χ2n) is 13.4. The van der Waals surface area contributed by atoms with Crippen LogP contribution in [-0.4, -0.2) is 21.4 Å². The second kappa shape index (κ2) is 14.2. The molecule has 0 saturated carbocycles. The first-order valence-electron chi connectivity index (χ1n) is 18.0. The summed E-state index contributed by atoms with van der Waals surface area (Å²) in [5.74, 6) is 0.393. The number of fused-ring (bicyclic) bond motifs is 3. The average molecular weight is 772 g/mol. The van der Waals surface area contributed by atoms with E-state index >= 15 is 0 Å². The van der Waals surface area contributed by atoms with Gasteiger partial charge in [0.25, 0.3) is 0 Å². The summed E-state index contributed by atoms with van der Waals surface area (Å²) >= 11 is 0. The molecule has 9 rings (SSSR count). The zero-order valence-electron chi connectivity index (χ0n) is 29.8. The molecule has 56 heavy (non-hydrogen) atoms. The third-order valence-corrected chi connectivity index (χ3v) is 12.4. The fourth-order valence-corrected chi connectivity index (χ4v) is 9.26. The van der Waals surface area contributed by atoms with Gasteiger partial charge in [0.15, 0.2) is 0 Å². The maximum Gasteiger partial charge on any atom is 0.339 e. The Morgan fingerprint density at radius 1 is 0.500 bits per heavy atom. The Morgan fingerprint density at radius 3 is 1.59 bits per heavy atom. The maximum absolute atomic E-state index is 13.5. The predicted molar refractivity (Wildman–Crippen MR) is 221 cm³/mol. The minimum absolute atomic E-state index is 0.0291. The van der Waals surface area contributed by atoms with Crippen molar-refractivity contribution in [2.75, 3.05) is 0 Å². The molecule has 7 aromatic carbocycles. The average Bonchev–Trinajstić information content (AvgIpc) is 3.69. The SMILES string of the molecule is O=S(=O)(Oc1ccccc1)c1ccc2c(c1)C(=C/C=C/C=c1\c3cccc4cccc(c43)n1Cc1ccccc1)c1cc(S(=O)(=O)Oc3ccccc3)ccc1-2. The summed E-state index contributed by atoms with van der Waals surface area (Å²) in [5, 5.41) is 4.53. The van der Waals surface area contributed by atoms with Crippen LogP contribution in [0.3, 0.4) is 0 Å². The molecule has 7 nitrogen and oxygen atoms in total. The first kappa shape index (κ1) is 35.0. The van der Waals surface area contributed by atoms with Crippen LogP contribution in [0.25, 0.3) is 44.5 Å². The van der Waals surface area contributed by atoms with E-state index in [0.29, 0.717) is 23.2 Å². The molecular weight excluding hydrogens is 739 g/mol. The summed E-state index contributed by atoms with van der Waals surface area (Å²) in [6.07, 6.45) is 7.82. The van der Waals surface area contributed by atoms with E-state index in [0.717, 1.165) is 32.8 Å². The number of benzene rings is 7. The molecule has 8 aromatic rings. The number of allylic oxidation sites excluding steroid dienone is 3.